The lowest BCUT2D eigenvalue weighted by Gasteiger charge is -2.46. The molecular formula is C28H48N4O2. The van der Waals surface area contributed by atoms with Crippen LogP contribution in [0.15, 0.2) is 29.4 Å². The molecule has 0 spiro atoms. The van der Waals surface area contributed by atoms with Gasteiger partial charge in [-0.05, 0) is 49.3 Å². The minimum absolute atomic E-state index is 0.223. The van der Waals surface area contributed by atoms with Gasteiger partial charge in [-0.25, -0.2) is 9.97 Å². The molecule has 0 unspecified atom stereocenters. The first-order chi connectivity index (χ1) is 15.9. The van der Waals surface area contributed by atoms with Gasteiger partial charge in [0.05, 0.1) is 24.5 Å². The number of hydrogen-bond donors (Lipinski definition) is 2. The first kappa shape index (κ1) is 28.3. The summed E-state index contributed by atoms with van der Waals surface area (Å²) in [6, 6.07) is 0. The molecule has 0 saturated heterocycles. The van der Waals surface area contributed by atoms with Crippen LogP contribution in [-0.4, -0.2) is 28.8 Å². The summed E-state index contributed by atoms with van der Waals surface area (Å²) in [5.74, 6) is 1.58. The minimum Gasteiger partial charge on any atom is -0.404 e. The summed E-state index contributed by atoms with van der Waals surface area (Å²) in [7, 11) is 0. The third-order valence-corrected chi connectivity index (χ3v) is 7.69. The molecule has 0 bridgehead atoms. The van der Waals surface area contributed by atoms with E-state index in [0.29, 0.717) is 30.3 Å². The van der Waals surface area contributed by atoms with Gasteiger partial charge in [0.25, 0.3) is 0 Å². The second-order valence-electron chi connectivity index (χ2n) is 10.9. The van der Waals surface area contributed by atoms with Gasteiger partial charge >= 0.3 is 0 Å². The van der Waals surface area contributed by atoms with Crippen molar-refractivity contribution in [1.29, 1.82) is 0 Å². The highest BCUT2D eigenvalue weighted by Gasteiger charge is 2.46. The number of aryl methyl sites for hydroxylation is 1. The standard InChI is InChI=1S/C14H22N2O.C14H26N2O/c1-9(2)14(10(3)4)13-11(5)15-8-16-12(13)6-7-17-14;1-9(2)14(10(3)4)13(11(5)8-15)12(16)6-7-17-14/h8-10H,6-7H2,1-5H3;8-10H,6-7,15-16H2,1-5H3/b;11-8-. The fraction of sp³-hybridized carbons (Fsp3) is 0.714. The zero-order valence-corrected chi connectivity index (χ0v) is 23.2. The van der Waals surface area contributed by atoms with Crippen molar-refractivity contribution in [2.24, 2.45) is 35.1 Å². The molecule has 34 heavy (non-hydrogen) atoms. The number of hydrogen-bond acceptors (Lipinski definition) is 6. The minimum atomic E-state index is -0.303. The van der Waals surface area contributed by atoms with Gasteiger partial charge in [-0.3, -0.25) is 0 Å². The Kier molecular flexibility index (Phi) is 9.34. The van der Waals surface area contributed by atoms with E-state index in [0.717, 1.165) is 42.0 Å². The van der Waals surface area contributed by atoms with Crippen LogP contribution in [0.2, 0.25) is 0 Å². The number of fused-ring (bicyclic) bond motifs is 1. The Morgan fingerprint density at radius 2 is 1.38 bits per heavy atom. The van der Waals surface area contributed by atoms with Crippen LogP contribution in [0.4, 0.5) is 0 Å². The fourth-order valence-electron chi connectivity index (χ4n) is 6.19. The van der Waals surface area contributed by atoms with Gasteiger partial charge in [-0.15, -0.1) is 0 Å². The van der Waals surface area contributed by atoms with Gasteiger partial charge in [-0.2, -0.15) is 0 Å². The second kappa shape index (κ2) is 11.2. The Morgan fingerprint density at radius 1 is 0.882 bits per heavy atom. The molecule has 0 aromatic carbocycles. The van der Waals surface area contributed by atoms with Crippen molar-refractivity contribution in [2.45, 2.75) is 93.3 Å². The summed E-state index contributed by atoms with van der Waals surface area (Å²) in [5.41, 5.74) is 17.9. The number of nitrogens with zero attached hydrogens (tertiary/aromatic N) is 2. The molecule has 0 radical (unpaired) electrons. The molecule has 1 aromatic heterocycles. The molecule has 0 aliphatic carbocycles. The van der Waals surface area contributed by atoms with Crippen LogP contribution in [0.3, 0.4) is 0 Å². The number of rotatable bonds is 5. The Bertz CT molecular complexity index is 884. The summed E-state index contributed by atoms with van der Waals surface area (Å²) < 4.78 is 12.4. The lowest BCUT2D eigenvalue weighted by atomic mass is 9.70. The van der Waals surface area contributed by atoms with E-state index in [1.54, 1.807) is 12.5 Å². The SMILES string of the molecule is C/C(=C/N)C1=C(N)CCOC1(C(C)C)C(C)C.Cc1ncnc2c1C(C(C)C)(C(C)C)OCC2. The van der Waals surface area contributed by atoms with Gasteiger partial charge in [-0.1, -0.05) is 55.4 Å². The van der Waals surface area contributed by atoms with Crippen LogP contribution < -0.4 is 11.5 Å². The van der Waals surface area contributed by atoms with Crippen molar-refractivity contribution in [3.63, 3.8) is 0 Å². The Morgan fingerprint density at radius 3 is 1.88 bits per heavy atom. The third kappa shape index (κ3) is 4.90. The molecular weight excluding hydrogens is 424 g/mol. The molecule has 2 aliphatic rings. The van der Waals surface area contributed by atoms with Crippen molar-refractivity contribution >= 4 is 0 Å². The first-order valence-corrected chi connectivity index (χ1v) is 12.8. The molecule has 192 valence electrons. The van der Waals surface area contributed by atoms with Gasteiger partial charge in [0, 0.05) is 35.4 Å². The third-order valence-electron chi connectivity index (χ3n) is 7.69. The molecule has 3 rings (SSSR count). The van der Waals surface area contributed by atoms with Gasteiger partial charge in [0.2, 0.25) is 0 Å². The lowest BCUT2D eigenvalue weighted by molar-refractivity contribution is -0.127. The number of nitrogens with two attached hydrogens (primary N) is 2. The quantitative estimate of drug-likeness (QED) is 0.596. The molecule has 0 saturated carbocycles. The average Bonchev–Trinajstić information content (AvgIpc) is 2.77. The van der Waals surface area contributed by atoms with Crippen LogP contribution in [0.25, 0.3) is 0 Å². The van der Waals surface area contributed by atoms with Crippen molar-refractivity contribution < 1.29 is 9.47 Å². The molecule has 3 heterocycles. The number of ether oxygens (including phenoxy) is 2. The van der Waals surface area contributed by atoms with E-state index >= 15 is 0 Å². The molecule has 0 atom stereocenters. The summed E-state index contributed by atoms with van der Waals surface area (Å²) in [5, 5.41) is 0. The highest BCUT2D eigenvalue weighted by molar-refractivity contribution is 5.42. The maximum Gasteiger partial charge on any atom is 0.115 e. The van der Waals surface area contributed by atoms with Crippen LogP contribution in [0.1, 0.15) is 85.7 Å². The van der Waals surface area contributed by atoms with E-state index in [1.165, 1.54) is 11.3 Å². The van der Waals surface area contributed by atoms with E-state index in [2.05, 4.69) is 72.3 Å². The largest absolute Gasteiger partial charge is 0.404 e. The van der Waals surface area contributed by atoms with E-state index in [9.17, 15) is 0 Å². The summed E-state index contributed by atoms with van der Waals surface area (Å²) in [6.45, 7) is 23.2. The molecule has 6 nitrogen and oxygen atoms in total. The Balaban J connectivity index is 0.000000240. The smallest absolute Gasteiger partial charge is 0.115 e. The fourth-order valence-corrected chi connectivity index (χ4v) is 6.19. The van der Waals surface area contributed by atoms with Crippen LogP contribution in [0, 0.1) is 30.6 Å². The van der Waals surface area contributed by atoms with E-state index in [1.807, 2.05) is 6.92 Å². The highest BCUT2D eigenvalue weighted by Crippen LogP contribution is 2.46. The van der Waals surface area contributed by atoms with Crippen LogP contribution >= 0.6 is 0 Å². The topological polar surface area (TPSA) is 96.3 Å². The lowest BCUT2D eigenvalue weighted by Crippen LogP contribution is -2.49. The predicted octanol–water partition coefficient (Wildman–Crippen LogP) is 5.40. The molecule has 1 aromatic rings. The van der Waals surface area contributed by atoms with Gasteiger partial charge in [0.15, 0.2) is 0 Å². The Hall–Kier alpha value is -1.92. The van der Waals surface area contributed by atoms with E-state index < -0.39 is 0 Å². The monoisotopic (exact) mass is 472 g/mol. The van der Waals surface area contributed by atoms with Crippen molar-refractivity contribution in [3.8, 4) is 0 Å². The molecule has 0 amide bonds. The summed E-state index contributed by atoms with van der Waals surface area (Å²) in [4.78, 5) is 8.81. The molecule has 2 aliphatic heterocycles. The van der Waals surface area contributed by atoms with E-state index in [4.69, 9.17) is 20.9 Å². The second-order valence-corrected chi connectivity index (χ2v) is 10.9. The van der Waals surface area contributed by atoms with E-state index in [-0.39, 0.29) is 11.2 Å². The summed E-state index contributed by atoms with van der Waals surface area (Å²) >= 11 is 0. The number of aromatic nitrogens is 2. The van der Waals surface area contributed by atoms with Crippen molar-refractivity contribution in [2.75, 3.05) is 13.2 Å². The highest BCUT2D eigenvalue weighted by atomic mass is 16.5. The van der Waals surface area contributed by atoms with Crippen LogP contribution in [-0.2, 0) is 21.5 Å². The zero-order chi connectivity index (χ0) is 25.8. The normalized spacial score (nSPS) is 20.0. The molecule has 6 heteroatoms. The summed E-state index contributed by atoms with van der Waals surface area (Å²) in [6.07, 6.45) is 5.00. The van der Waals surface area contributed by atoms with Gasteiger partial charge in [0.1, 0.15) is 11.9 Å². The maximum absolute atomic E-state index is 6.22. The predicted molar refractivity (Wildman–Crippen MR) is 140 cm³/mol. The Labute approximate surface area is 207 Å². The average molecular weight is 473 g/mol. The van der Waals surface area contributed by atoms with Crippen LogP contribution in [0.5, 0.6) is 0 Å². The molecule has 0 fully saturated rings. The van der Waals surface area contributed by atoms with Gasteiger partial charge < -0.3 is 20.9 Å². The van der Waals surface area contributed by atoms with Crippen molar-refractivity contribution in [1.82, 2.24) is 9.97 Å². The van der Waals surface area contributed by atoms with Crippen molar-refractivity contribution in [3.05, 3.63) is 46.3 Å². The first-order valence-electron chi connectivity index (χ1n) is 12.8. The zero-order valence-electron chi connectivity index (χ0n) is 23.2. The molecule has 4 N–H and O–H groups in total. The maximum atomic E-state index is 6.22.